The first-order valence-corrected chi connectivity index (χ1v) is 7.57. The van der Waals surface area contributed by atoms with E-state index in [0.29, 0.717) is 23.9 Å². The number of aromatic nitrogens is 3. The number of likely N-dealkylation sites (N-methyl/N-ethyl adjacent to an activating group) is 1. The molecular formula is C15H22N6O2. The quantitative estimate of drug-likeness (QED) is 0.722. The number of carbonyl (C=O) groups excluding carboxylic acids is 2. The van der Waals surface area contributed by atoms with E-state index in [4.69, 9.17) is 0 Å². The molecule has 2 amide bonds. The second-order valence-electron chi connectivity index (χ2n) is 5.30. The summed E-state index contributed by atoms with van der Waals surface area (Å²) in [5.41, 5.74) is 1.45. The first-order chi connectivity index (χ1) is 11.2. The number of H-pyrrole nitrogens is 1. The van der Waals surface area contributed by atoms with Crippen molar-refractivity contribution in [3.05, 3.63) is 18.5 Å². The van der Waals surface area contributed by atoms with Crippen LogP contribution in [0.3, 0.4) is 0 Å². The van der Waals surface area contributed by atoms with Crippen molar-refractivity contribution in [2.24, 2.45) is 0 Å². The molecule has 3 heterocycles. The molecule has 1 aliphatic rings. The molecule has 0 spiro atoms. The number of nitrogens with zero attached hydrogens (tertiary/aromatic N) is 3. The molecule has 23 heavy (non-hydrogen) atoms. The number of anilines is 1. The van der Waals surface area contributed by atoms with Crippen molar-refractivity contribution in [2.75, 3.05) is 25.5 Å². The number of rotatable bonds is 4. The minimum atomic E-state index is 0.211. The van der Waals surface area contributed by atoms with Gasteiger partial charge in [-0.3, -0.25) is 9.59 Å². The van der Waals surface area contributed by atoms with E-state index in [1.807, 2.05) is 11.9 Å². The predicted octanol–water partition coefficient (Wildman–Crippen LogP) is 0.743. The topological polar surface area (TPSA) is 103 Å². The van der Waals surface area contributed by atoms with Gasteiger partial charge in [0.25, 0.3) is 0 Å². The van der Waals surface area contributed by atoms with E-state index in [1.54, 1.807) is 19.2 Å². The summed E-state index contributed by atoms with van der Waals surface area (Å²) in [6.07, 6.45) is 6.12. The molecule has 0 aromatic carbocycles. The van der Waals surface area contributed by atoms with Gasteiger partial charge in [0, 0.05) is 32.3 Å². The third-order valence-electron chi connectivity index (χ3n) is 3.69. The number of fused-ring (bicyclic) bond motifs is 1. The highest BCUT2D eigenvalue weighted by molar-refractivity contribution is 5.75. The Kier molecular flexibility index (Phi) is 6.04. The van der Waals surface area contributed by atoms with Crippen LogP contribution in [-0.4, -0.2) is 58.3 Å². The van der Waals surface area contributed by atoms with Crippen LogP contribution in [0.25, 0.3) is 11.2 Å². The molecule has 1 aliphatic heterocycles. The molecule has 3 N–H and O–H groups in total. The largest absolute Gasteiger partial charge is 0.345 e. The molecular weight excluding hydrogens is 296 g/mol. The summed E-state index contributed by atoms with van der Waals surface area (Å²) >= 11 is 0. The molecule has 2 aromatic rings. The first kappa shape index (κ1) is 16.9. The van der Waals surface area contributed by atoms with Crippen LogP contribution in [0, 0.1) is 0 Å². The standard InChI is InChI=1S/C8H16N2O.C7H6N4O/c1-7(11)10-5-3-4-8(10)6-9-2;12-4-10-6-3-9-7-5(11-6)1-2-8-7/h8-9H,3-6H2,1-2H3;1-4H,(H,8,9)(H,10,11,12). The molecule has 0 bridgehead atoms. The van der Waals surface area contributed by atoms with E-state index in [2.05, 4.69) is 25.6 Å². The zero-order valence-corrected chi connectivity index (χ0v) is 13.4. The molecule has 1 unspecified atom stereocenters. The second kappa shape index (κ2) is 8.23. The third kappa shape index (κ3) is 4.49. The molecule has 0 aliphatic carbocycles. The summed E-state index contributed by atoms with van der Waals surface area (Å²) in [5, 5.41) is 5.52. The minimum Gasteiger partial charge on any atom is -0.345 e. The van der Waals surface area contributed by atoms with Crippen molar-refractivity contribution < 1.29 is 9.59 Å². The second-order valence-corrected chi connectivity index (χ2v) is 5.30. The Morgan fingerprint density at radius 2 is 2.39 bits per heavy atom. The van der Waals surface area contributed by atoms with Crippen LogP contribution in [-0.2, 0) is 9.59 Å². The number of hydrogen-bond donors (Lipinski definition) is 3. The molecule has 8 nitrogen and oxygen atoms in total. The third-order valence-corrected chi connectivity index (χ3v) is 3.69. The van der Waals surface area contributed by atoms with E-state index >= 15 is 0 Å². The van der Waals surface area contributed by atoms with Gasteiger partial charge in [0.2, 0.25) is 12.3 Å². The van der Waals surface area contributed by atoms with Crippen molar-refractivity contribution in [3.63, 3.8) is 0 Å². The van der Waals surface area contributed by atoms with Gasteiger partial charge in [-0.1, -0.05) is 0 Å². The zero-order chi connectivity index (χ0) is 16.7. The molecule has 3 rings (SSSR count). The lowest BCUT2D eigenvalue weighted by Crippen LogP contribution is -2.39. The summed E-state index contributed by atoms with van der Waals surface area (Å²) in [4.78, 5) is 34.1. The Morgan fingerprint density at radius 3 is 3.09 bits per heavy atom. The molecule has 124 valence electrons. The van der Waals surface area contributed by atoms with E-state index in [-0.39, 0.29) is 5.91 Å². The highest BCUT2D eigenvalue weighted by Gasteiger charge is 2.25. The number of likely N-dealkylation sites (tertiary alicyclic amines) is 1. The molecule has 1 atom stereocenters. The van der Waals surface area contributed by atoms with Crippen LogP contribution in [0.2, 0.25) is 0 Å². The molecule has 1 fully saturated rings. The van der Waals surface area contributed by atoms with Gasteiger partial charge in [0.1, 0.15) is 5.52 Å². The molecule has 1 saturated heterocycles. The fourth-order valence-corrected chi connectivity index (χ4v) is 2.66. The van der Waals surface area contributed by atoms with Crippen LogP contribution in [0.5, 0.6) is 0 Å². The predicted molar refractivity (Wildman–Crippen MR) is 87.9 cm³/mol. The average Bonchev–Trinajstić information content (AvgIpc) is 3.17. The fraction of sp³-hybridized carbons (Fsp3) is 0.467. The summed E-state index contributed by atoms with van der Waals surface area (Å²) in [7, 11) is 1.93. The van der Waals surface area contributed by atoms with Crippen molar-refractivity contribution in [1.29, 1.82) is 0 Å². The summed E-state index contributed by atoms with van der Waals surface area (Å²) in [6, 6.07) is 2.23. The summed E-state index contributed by atoms with van der Waals surface area (Å²) < 4.78 is 0. The lowest BCUT2D eigenvalue weighted by Gasteiger charge is -2.22. The number of amides is 2. The maximum atomic E-state index is 11.0. The number of aromatic amines is 1. The van der Waals surface area contributed by atoms with E-state index in [9.17, 15) is 9.59 Å². The van der Waals surface area contributed by atoms with Crippen molar-refractivity contribution >= 4 is 29.3 Å². The van der Waals surface area contributed by atoms with Gasteiger partial charge in [0.05, 0.1) is 6.20 Å². The van der Waals surface area contributed by atoms with Crippen LogP contribution in [0.4, 0.5) is 5.82 Å². The fourth-order valence-electron chi connectivity index (χ4n) is 2.66. The van der Waals surface area contributed by atoms with Gasteiger partial charge < -0.3 is 20.5 Å². The van der Waals surface area contributed by atoms with Crippen molar-refractivity contribution in [3.8, 4) is 0 Å². The smallest absolute Gasteiger partial charge is 0.219 e. The maximum Gasteiger partial charge on any atom is 0.219 e. The van der Waals surface area contributed by atoms with E-state index in [0.717, 1.165) is 31.4 Å². The Labute approximate surface area is 134 Å². The SMILES string of the molecule is CNCC1CCCN1C(C)=O.O=CNc1cnc2[nH]ccc2n1. The number of carbonyl (C=O) groups is 2. The normalized spacial score (nSPS) is 16.8. The molecule has 0 saturated carbocycles. The lowest BCUT2D eigenvalue weighted by molar-refractivity contribution is -0.129. The van der Waals surface area contributed by atoms with Gasteiger partial charge in [0.15, 0.2) is 11.5 Å². The monoisotopic (exact) mass is 318 g/mol. The Balaban J connectivity index is 0.000000168. The Morgan fingerprint density at radius 1 is 1.57 bits per heavy atom. The van der Waals surface area contributed by atoms with Crippen LogP contribution in [0.15, 0.2) is 18.5 Å². The lowest BCUT2D eigenvalue weighted by atomic mass is 10.2. The maximum absolute atomic E-state index is 11.0. The van der Waals surface area contributed by atoms with Crippen molar-refractivity contribution in [2.45, 2.75) is 25.8 Å². The molecule has 2 aromatic heterocycles. The van der Waals surface area contributed by atoms with E-state index in [1.165, 1.54) is 6.20 Å². The number of nitrogens with one attached hydrogen (secondary N) is 3. The minimum absolute atomic E-state index is 0.211. The van der Waals surface area contributed by atoms with Crippen LogP contribution >= 0.6 is 0 Å². The number of hydrogen-bond acceptors (Lipinski definition) is 5. The van der Waals surface area contributed by atoms with Crippen LogP contribution in [0.1, 0.15) is 19.8 Å². The highest BCUT2D eigenvalue weighted by Crippen LogP contribution is 2.15. The summed E-state index contributed by atoms with van der Waals surface area (Å²) in [6.45, 7) is 3.52. The van der Waals surface area contributed by atoms with Gasteiger partial charge in [-0.2, -0.15) is 0 Å². The average molecular weight is 318 g/mol. The summed E-state index contributed by atoms with van der Waals surface area (Å²) in [5.74, 6) is 0.667. The highest BCUT2D eigenvalue weighted by atomic mass is 16.2. The Bertz CT molecular complexity index is 656. The van der Waals surface area contributed by atoms with E-state index < -0.39 is 0 Å². The van der Waals surface area contributed by atoms with Gasteiger partial charge in [-0.15, -0.1) is 0 Å². The molecule has 8 heteroatoms. The van der Waals surface area contributed by atoms with Gasteiger partial charge in [-0.25, -0.2) is 9.97 Å². The van der Waals surface area contributed by atoms with Gasteiger partial charge >= 0.3 is 0 Å². The first-order valence-electron chi connectivity index (χ1n) is 7.57. The van der Waals surface area contributed by atoms with Gasteiger partial charge in [-0.05, 0) is 26.0 Å². The Hall–Kier alpha value is -2.48. The molecule has 0 radical (unpaired) electrons. The van der Waals surface area contributed by atoms with Crippen molar-refractivity contribution in [1.82, 2.24) is 25.2 Å². The zero-order valence-electron chi connectivity index (χ0n) is 13.4. The van der Waals surface area contributed by atoms with Crippen LogP contribution < -0.4 is 10.6 Å².